The van der Waals surface area contributed by atoms with Gasteiger partial charge in [0, 0.05) is 13.1 Å². The van der Waals surface area contributed by atoms with Crippen molar-refractivity contribution in [2.45, 2.75) is 45.6 Å². The molecule has 1 aliphatic heterocycles. The number of ether oxygens (including phenoxy) is 1. The predicted octanol–water partition coefficient (Wildman–Crippen LogP) is 1.56. The Labute approximate surface area is 138 Å². The average molecular weight is 319 g/mol. The first kappa shape index (κ1) is 17.8. The highest BCUT2D eigenvalue weighted by molar-refractivity contribution is 6.58. The zero-order chi connectivity index (χ0) is 17.0. The van der Waals surface area contributed by atoms with Gasteiger partial charge in [0.25, 0.3) is 0 Å². The van der Waals surface area contributed by atoms with Crippen LogP contribution in [-0.2, 0) is 11.2 Å². The minimum atomic E-state index is -1.43. The Morgan fingerprint density at radius 3 is 2.52 bits per heavy atom. The normalized spacial score (nSPS) is 18.7. The Balaban J connectivity index is 1.92. The number of piperidine rings is 1. The molecule has 0 bridgehead atoms. The number of hydrogen-bond acceptors (Lipinski definition) is 4. The van der Waals surface area contributed by atoms with E-state index in [-0.39, 0.29) is 6.09 Å². The maximum atomic E-state index is 12.2. The third kappa shape index (κ3) is 5.55. The van der Waals surface area contributed by atoms with Crippen molar-refractivity contribution in [2.75, 3.05) is 13.1 Å². The van der Waals surface area contributed by atoms with E-state index in [0.29, 0.717) is 17.9 Å². The Morgan fingerprint density at radius 1 is 1.30 bits per heavy atom. The van der Waals surface area contributed by atoms with E-state index >= 15 is 0 Å². The number of likely N-dealkylation sites (tertiary alicyclic amines) is 1. The Kier molecular flexibility index (Phi) is 5.71. The van der Waals surface area contributed by atoms with Crippen molar-refractivity contribution in [1.82, 2.24) is 4.90 Å². The summed E-state index contributed by atoms with van der Waals surface area (Å²) in [5.41, 5.74) is 1.17. The molecule has 6 heteroatoms. The molecule has 1 amide bonds. The molecule has 0 spiro atoms. The lowest BCUT2D eigenvalue weighted by Crippen LogP contribution is -2.43. The van der Waals surface area contributed by atoms with E-state index in [0.717, 1.165) is 31.4 Å². The number of hydrogen-bond donors (Lipinski definition) is 2. The standard InChI is InChI=1S/C17H26BNO4/c1-17(2,3)23-16(20)19-10-4-5-14(12-19)11-13-6-8-15(9-7-13)18(21)22/h6-9,14,21-22H,4-5,10-12H2,1-3H3. The lowest BCUT2D eigenvalue weighted by atomic mass is 9.79. The van der Waals surface area contributed by atoms with Crippen LogP contribution in [0.3, 0.4) is 0 Å². The van der Waals surface area contributed by atoms with E-state index in [1.807, 2.05) is 32.9 Å². The van der Waals surface area contributed by atoms with Crippen LogP contribution in [0.25, 0.3) is 0 Å². The van der Waals surface area contributed by atoms with Crippen molar-refractivity contribution in [1.29, 1.82) is 0 Å². The molecule has 1 aliphatic rings. The fourth-order valence-electron chi connectivity index (χ4n) is 2.88. The van der Waals surface area contributed by atoms with Crippen molar-refractivity contribution in [3.8, 4) is 0 Å². The van der Waals surface area contributed by atoms with E-state index in [2.05, 4.69) is 0 Å². The van der Waals surface area contributed by atoms with Gasteiger partial charge in [0.1, 0.15) is 5.60 Å². The quantitative estimate of drug-likeness (QED) is 0.830. The van der Waals surface area contributed by atoms with Crippen LogP contribution in [0.15, 0.2) is 24.3 Å². The predicted molar refractivity (Wildman–Crippen MR) is 90.5 cm³/mol. The maximum Gasteiger partial charge on any atom is 0.488 e. The highest BCUT2D eigenvalue weighted by atomic mass is 16.6. The average Bonchev–Trinajstić information content (AvgIpc) is 2.46. The number of benzene rings is 1. The molecule has 1 saturated heterocycles. The van der Waals surface area contributed by atoms with Crippen LogP contribution in [0.1, 0.15) is 39.2 Å². The number of rotatable bonds is 3. The van der Waals surface area contributed by atoms with Gasteiger partial charge in [-0.3, -0.25) is 0 Å². The van der Waals surface area contributed by atoms with Crippen LogP contribution in [0, 0.1) is 5.92 Å². The Bertz CT molecular complexity index is 524. The van der Waals surface area contributed by atoms with Gasteiger partial charge in [-0.05, 0) is 57.0 Å². The molecule has 1 unspecified atom stereocenters. The lowest BCUT2D eigenvalue weighted by molar-refractivity contribution is 0.0166. The van der Waals surface area contributed by atoms with Gasteiger partial charge in [0.2, 0.25) is 0 Å². The topological polar surface area (TPSA) is 70.0 Å². The summed E-state index contributed by atoms with van der Waals surface area (Å²) in [5, 5.41) is 18.2. The van der Waals surface area contributed by atoms with Crippen LogP contribution >= 0.6 is 0 Å². The minimum Gasteiger partial charge on any atom is -0.444 e. The molecule has 126 valence electrons. The maximum absolute atomic E-state index is 12.2. The fraction of sp³-hybridized carbons (Fsp3) is 0.588. The van der Waals surface area contributed by atoms with Crippen molar-refractivity contribution in [3.63, 3.8) is 0 Å². The molecule has 1 aromatic carbocycles. The van der Waals surface area contributed by atoms with Gasteiger partial charge < -0.3 is 19.7 Å². The van der Waals surface area contributed by atoms with Gasteiger partial charge in [-0.25, -0.2) is 4.79 Å². The molecular formula is C17H26BNO4. The molecule has 5 nitrogen and oxygen atoms in total. The van der Waals surface area contributed by atoms with Gasteiger partial charge in [-0.15, -0.1) is 0 Å². The van der Waals surface area contributed by atoms with E-state index < -0.39 is 12.7 Å². The molecule has 1 aromatic rings. The summed E-state index contributed by atoms with van der Waals surface area (Å²) in [6.07, 6.45) is 2.71. The molecule has 0 aliphatic carbocycles. The third-order valence-electron chi connectivity index (χ3n) is 3.97. The summed E-state index contributed by atoms with van der Waals surface area (Å²) in [6.45, 7) is 7.09. The first-order chi connectivity index (χ1) is 10.7. The highest BCUT2D eigenvalue weighted by Gasteiger charge is 2.27. The largest absolute Gasteiger partial charge is 0.488 e. The summed E-state index contributed by atoms with van der Waals surface area (Å²) in [5.74, 6) is 0.404. The van der Waals surface area contributed by atoms with Crippen molar-refractivity contribution in [2.24, 2.45) is 5.92 Å². The molecule has 23 heavy (non-hydrogen) atoms. The molecule has 0 saturated carbocycles. The minimum absolute atomic E-state index is 0.235. The second-order valence-electron chi connectivity index (χ2n) is 7.25. The third-order valence-corrected chi connectivity index (χ3v) is 3.97. The van der Waals surface area contributed by atoms with Gasteiger partial charge in [-0.1, -0.05) is 24.3 Å². The summed E-state index contributed by atoms with van der Waals surface area (Å²) >= 11 is 0. The summed E-state index contributed by atoms with van der Waals surface area (Å²) in [4.78, 5) is 14.0. The number of nitrogens with zero attached hydrogens (tertiary/aromatic N) is 1. The second kappa shape index (κ2) is 7.36. The van der Waals surface area contributed by atoms with Gasteiger partial charge in [0.05, 0.1) is 0 Å². The van der Waals surface area contributed by atoms with Crippen molar-refractivity contribution >= 4 is 18.7 Å². The summed E-state index contributed by atoms with van der Waals surface area (Å²) < 4.78 is 5.45. The number of carbonyl (C=O) groups excluding carboxylic acids is 1. The number of carbonyl (C=O) groups is 1. The molecular weight excluding hydrogens is 293 g/mol. The summed E-state index contributed by atoms with van der Waals surface area (Å²) in [6, 6.07) is 7.30. The fourth-order valence-corrected chi connectivity index (χ4v) is 2.88. The van der Waals surface area contributed by atoms with Gasteiger partial charge >= 0.3 is 13.2 Å². The lowest BCUT2D eigenvalue weighted by Gasteiger charge is -2.34. The van der Waals surface area contributed by atoms with Crippen LogP contribution in [-0.4, -0.2) is 46.9 Å². The first-order valence-electron chi connectivity index (χ1n) is 8.17. The molecule has 1 atom stereocenters. The molecule has 1 fully saturated rings. The van der Waals surface area contributed by atoms with E-state index in [1.165, 1.54) is 0 Å². The highest BCUT2D eigenvalue weighted by Crippen LogP contribution is 2.22. The Hall–Kier alpha value is -1.53. The van der Waals surface area contributed by atoms with E-state index in [9.17, 15) is 4.79 Å². The van der Waals surface area contributed by atoms with Crippen LogP contribution < -0.4 is 5.46 Å². The summed E-state index contributed by atoms with van der Waals surface area (Å²) in [7, 11) is -1.43. The second-order valence-corrected chi connectivity index (χ2v) is 7.25. The zero-order valence-electron chi connectivity index (χ0n) is 14.2. The van der Waals surface area contributed by atoms with Crippen LogP contribution in [0.5, 0.6) is 0 Å². The van der Waals surface area contributed by atoms with E-state index in [1.54, 1.807) is 17.0 Å². The SMILES string of the molecule is CC(C)(C)OC(=O)N1CCCC(Cc2ccc(B(O)O)cc2)C1. The smallest absolute Gasteiger partial charge is 0.444 e. The molecule has 1 heterocycles. The van der Waals surface area contributed by atoms with Crippen molar-refractivity contribution in [3.05, 3.63) is 29.8 Å². The Morgan fingerprint density at radius 2 is 1.96 bits per heavy atom. The molecule has 0 aromatic heterocycles. The molecule has 2 rings (SSSR count). The monoisotopic (exact) mass is 319 g/mol. The van der Waals surface area contributed by atoms with Gasteiger partial charge in [-0.2, -0.15) is 0 Å². The van der Waals surface area contributed by atoms with Crippen LogP contribution in [0.2, 0.25) is 0 Å². The first-order valence-corrected chi connectivity index (χ1v) is 8.17. The van der Waals surface area contributed by atoms with Gasteiger partial charge in [0.15, 0.2) is 0 Å². The molecule has 0 radical (unpaired) electrons. The van der Waals surface area contributed by atoms with E-state index in [4.69, 9.17) is 14.8 Å². The van der Waals surface area contributed by atoms with Crippen molar-refractivity contribution < 1.29 is 19.6 Å². The number of amides is 1. The van der Waals surface area contributed by atoms with Crippen LogP contribution in [0.4, 0.5) is 4.79 Å². The zero-order valence-corrected chi connectivity index (χ0v) is 14.2. The molecule has 2 N–H and O–H groups in total.